The van der Waals surface area contributed by atoms with Crippen molar-refractivity contribution < 1.29 is 9.59 Å². The van der Waals surface area contributed by atoms with E-state index in [1.165, 1.54) is 6.92 Å². The molecule has 5 nitrogen and oxygen atoms in total. The molecule has 0 fully saturated rings. The van der Waals surface area contributed by atoms with Gasteiger partial charge in [-0.1, -0.05) is 24.3 Å². The zero-order valence-electron chi connectivity index (χ0n) is 15.4. The first-order chi connectivity index (χ1) is 12.4. The summed E-state index contributed by atoms with van der Waals surface area (Å²) in [6.07, 6.45) is 0. The molecular formula is C21H23N3O2. The van der Waals surface area contributed by atoms with Gasteiger partial charge in [-0.05, 0) is 50.1 Å². The van der Waals surface area contributed by atoms with Crippen molar-refractivity contribution >= 4 is 28.4 Å². The molecule has 0 unspecified atom stereocenters. The summed E-state index contributed by atoms with van der Waals surface area (Å²) in [5.41, 5.74) is 5.36. The maximum absolute atomic E-state index is 12.8. The number of benzene rings is 2. The lowest BCUT2D eigenvalue weighted by molar-refractivity contribution is -0.114. The molecule has 0 aliphatic heterocycles. The van der Waals surface area contributed by atoms with Gasteiger partial charge in [0.1, 0.15) is 0 Å². The topological polar surface area (TPSA) is 74.0 Å². The van der Waals surface area contributed by atoms with Gasteiger partial charge in [-0.15, -0.1) is 0 Å². The predicted molar refractivity (Wildman–Crippen MR) is 104 cm³/mol. The maximum atomic E-state index is 12.8. The van der Waals surface area contributed by atoms with E-state index < -0.39 is 0 Å². The van der Waals surface area contributed by atoms with Crippen LogP contribution in [0.25, 0.3) is 10.9 Å². The number of carbonyl (C=O) groups is 2. The fraction of sp³-hybridized carbons (Fsp3) is 0.238. The Morgan fingerprint density at radius 1 is 1.08 bits per heavy atom. The van der Waals surface area contributed by atoms with Crippen LogP contribution >= 0.6 is 0 Å². The number of aryl methyl sites for hydroxylation is 2. The molecule has 2 amide bonds. The molecule has 1 heterocycles. The van der Waals surface area contributed by atoms with Gasteiger partial charge in [-0.3, -0.25) is 9.59 Å². The van der Waals surface area contributed by atoms with Gasteiger partial charge in [0, 0.05) is 23.7 Å². The number of fused-ring (bicyclic) bond motifs is 1. The van der Waals surface area contributed by atoms with Crippen molar-refractivity contribution in [2.24, 2.45) is 0 Å². The van der Waals surface area contributed by atoms with Crippen LogP contribution in [-0.2, 0) is 4.79 Å². The Bertz CT molecular complexity index is 988. The van der Waals surface area contributed by atoms with Crippen molar-refractivity contribution in [3.05, 3.63) is 64.8 Å². The summed E-state index contributed by atoms with van der Waals surface area (Å²) in [5.74, 6) is -0.253. The summed E-state index contributed by atoms with van der Waals surface area (Å²) < 4.78 is 0. The van der Waals surface area contributed by atoms with E-state index in [2.05, 4.69) is 15.6 Å². The monoisotopic (exact) mass is 349 g/mol. The lowest BCUT2D eigenvalue weighted by Crippen LogP contribution is -2.27. The smallest absolute Gasteiger partial charge is 0.253 e. The van der Waals surface area contributed by atoms with Crippen LogP contribution in [-0.4, -0.2) is 16.8 Å². The molecule has 3 N–H and O–H groups in total. The molecule has 0 radical (unpaired) electrons. The summed E-state index contributed by atoms with van der Waals surface area (Å²) in [6.45, 7) is 7.45. The Morgan fingerprint density at radius 3 is 2.54 bits per heavy atom. The number of anilines is 1. The van der Waals surface area contributed by atoms with E-state index in [0.717, 1.165) is 27.7 Å². The van der Waals surface area contributed by atoms with E-state index in [1.54, 1.807) is 0 Å². The summed E-state index contributed by atoms with van der Waals surface area (Å²) in [6, 6.07) is 13.0. The second kappa shape index (κ2) is 7.04. The van der Waals surface area contributed by atoms with Gasteiger partial charge >= 0.3 is 0 Å². The largest absolute Gasteiger partial charge is 0.358 e. The number of rotatable bonds is 4. The highest BCUT2D eigenvalue weighted by atomic mass is 16.2. The SMILES string of the molecule is CC(=O)Nc1cccc([C@@H](C)NC(=O)c2cccc3c(C)c(C)[nH]c23)c1. The van der Waals surface area contributed by atoms with Crippen molar-refractivity contribution in [2.45, 2.75) is 33.7 Å². The van der Waals surface area contributed by atoms with Crippen LogP contribution in [0.15, 0.2) is 42.5 Å². The minimum atomic E-state index is -0.191. The summed E-state index contributed by atoms with van der Waals surface area (Å²) in [5, 5.41) is 6.87. The zero-order valence-corrected chi connectivity index (χ0v) is 15.4. The Kier molecular flexibility index (Phi) is 4.80. The standard InChI is InChI=1S/C21H23N3O2/c1-12-13(2)22-20-18(12)9-6-10-19(20)21(26)23-14(3)16-7-5-8-17(11-16)24-15(4)25/h5-11,14,22H,1-4H3,(H,23,26)(H,24,25)/t14-/m1/s1. The molecule has 1 aromatic heterocycles. The third-order valence-corrected chi connectivity index (χ3v) is 4.64. The van der Waals surface area contributed by atoms with Gasteiger partial charge < -0.3 is 15.6 Å². The molecular weight excluding hydrogens is 326 g/mol. The van der Waals surface area contributed by atoms with Crippen molar-refractivity contribution in [1.82, 2.24) is 10.3 Å². The lowest BCUT2D eigenvalue weighted by atomic mass is 10.1. The average Bonchev–Trinajstić information content (AvgIpc) is 2.89. The lowest BCUT2D eigenvalue weighted by Gasteiger charge is -2.16. The van der Waals surface area contributed by atoms with E-state index in [4.69, 9.17) is 0 Å². The molecule has 0 aliphatic rings. The molecule has 3 rings (SSSR count). The predicted octanol–water partition coefficient (Wildman–Crippen LogP) is 4.23. The number of para-hydroxylation sites is 1. The first-order valence-corrected chi connectivity index (χ1v) is 8.63. The van der Waals surface area contributed by atoms with Crippen LogP contribution in [0.5, 0.6) is 0 Å². The maximum Gasteiger partial charge on any atom is 0.253 e. The summed E-state index contributed by atoms with van der Waals surface area (Å²) >= 11 is 0. The molecule has 0 bridgehead atoms. The molecule has 3 aromatic rings. The van der Waals surface area contributed by atoms with Crippen molar-refractivity contribution in [3.63, 3.8) is 0 Å². The second-order valence-corrected chi connectivity index (χ2v) is 6.60. The van der Waals surface area contributed by atoms with Crippen LogP contribution in [0, 0.1) is 13.8 Å². The van der Waals surface area contributed by atoms with Crippen molar-refractivity contribution in [2.75, 3.05) is 5.32 Å². The fourth-order valence-electron chi connectivity index (χ4n) is 3.12. The Balaban J connectivity index is 1.84. The van der Waals surface area contributed by atoms with Crippen LogP contribution in [0.1, 0.15) is 47.1 Å². The first kappa shape index (κ1) is 17.7. The number of aromatic amines is 1. The van der Waals surface area contributed by atoms with Crippen LogP contribution in [0.4, 0.5) is 5.69 Å². The number of aromatic nitrogens is 1. The Hall–Kier alpha value is -3.08. The van der Waals surface area contributed by atoms with Gasteiger partial charge in [-0.2, -0.15) is 0 Å². The summed E-state index contributed by atoms with van der Waals surface area (Å²) in [4.78, 5) is 27.4. The molecule has 26 heavy (non-hydrogen) atoms. The molecule has 5 heteroatoms. The van der Waals surface area contributed by atoms with Gasteiger partial charge in [0.2, 0.25) is 5.91 Å². The molecule has 2 aromatic carbocycles. The van der Waals surface area contributed by atoms with E-state index in [1.807, 2.05) is 63.2 Å². The van der Waals surface area contributed by atoms with Crippen LogP contribution in [0.2, 0.25) is 0 Å². The number of carbonyl (C=O) groups excluding carboxylic acids is 2. The van der Waals surface area contributed by atoms with E-state index in [-0.39, 0.29) is 17.9 Å². The van der Waals surface area contributed by atoms with E-state index in [9.17, 15) is 9.59 Å². The minimum Gasteiger partial charge on any atom is -0.358 e. The summed E-state index contributed by atoms with van der Waals surface area (Å²) in [7, 11) is 0. The van der Waals surface area contributed by atoms with Crippen molar-refractivity contribution in [3.8, 4) is 0 Å². The Labute approximate surface area is 152 Å². The molecule has 0 saturated carbocycles. The van der Waals surface area contributed by atoms with Crippen LogP contribution in [0.3, 0.4) is 0 Å². The van der Waals surface area contributed by atoms with Gasteiger partial charge in [0.05, 0.1) is 17.1 Å². The second-order valence-electron chi connectivity index (χ2n) is 6.60. The first-order valence-electron chi connectivity index (χ1n) is 8.63. The van der Waals surface area contributed by atoms with Gasteiger partial charge in [-0.25, -0.2) is 0 Å². The van der Waals surface area contributed by atoms with Crippen molar-refractivity contribution in [1.29, 1.82) is 0 Å². The number of nitrogens with one attached hydrogen (secondary N) is 3. The molecule has 1 atom stereocenters. The zero-order chi connectivity index (χ0) is 18.8. The van der Waals surface area contributed by atoms with E-state index >= 15 is 0 Å². The fourth-order valence-corrected chi connectivity index (χ4v) is 3.12. The van der Waals surface area contributed by atoms with Gasteiger partial charge in [0.15, 0.2) is 0 Å². The number of hydrogen-bond donors (Lipinski definition) is 3. The van der Waals surface area contributed by atoms with Gasteiger partial charge in [0.25, 0.3) is 5.91 Å². The molecule has 0 aliphatic carbocycles. The molecule has 0 spiro atoms. The average molecular weight is 349 g/mol. The Morgan fingerprint density at radius 2 is 1.81 bits per heavy atom. The molecule has 134 valence electrons. The minimum absolute atomic E-state index is 0.122. The normalized spacial score (nSPS) is 12.0. The quantitative estimate of drug-likeness (QED) is 0.659. The molecule has 0 saturated heterocycles. The number of hydrogen-bond acceptors (Lipinski definition) is 2. The third kappa shape index (κ3) is 3.47. The third-order valence-electron chi connectivity index (χ3n) is 4.64. The van der Waals surface area contributed by atoms with Crippen LogP contribution < -0.4 is 10.6 Å². The van der Waals surface area contributed by atoms with E-state index in [0.29, 0.717) is 11.3 Å². The highest BCUT2D eigenvalue weighted by molar-refractivity contribution is 6.06. The number of amides is 2. The highest BCUT2D eigenvalue weighted by Gasteiger charge is 2.16. The number of H-pyrrole nitrogens is 1. The highest BCUT2D eigenvalue weighted by Crippen LogP contribution is 2.25.